The number of aliphatic hydroxyl groups is 3. The number of ether oxygens (including phenoxy) is 5. The Hall–Kier alpha value is -3.29. The molecule has 2 saturated heterocycles. The molecule has 236 valence electrons. The molecule has 1 spiro atoms. The Morgan fingerprint density at radius 1 is 1.12 bits per heavy atom. The van der Waals surface area contributed by atoms with E-state index in [1.807, 2.05) is 0 Å². The molecule has 13 nitrogen and oxygen atoms in total. The lowest BCUT2D eigenvalue weighted by Gasteiger charge is -2.67. The van der Waals surface area contributed by atoms with E-state index in [0.717, 1.165) is 13.2 Å². The Bertz CT molecular complexity index is 1360. The molecule has 43 heavy (non-hydrogen) atoms. The zero-order chi connectivity index (χ0) is 32.0. The molecule has 0 aromatic heterocycles. The lowest BCUT2D eigenvalue weighted by atomic mass is 9.38. The molecule has 0 aromatic rings. The topological polar surface area (TPSA) is 192 Å². The molecule has 3 N–H and O–H groups in total. The van der Waals surface area contributed by atoms with E-state index >= 15 is 0 Å². The highest BCUT2D eigenvalue weighted by Crippen LogP contribution is 2.72. The number of rotatable bonds is 5. The summed E-state index contributed by atoms with van der Waals surface area (Å²) < 4.78 is 28.0. The summed E-state index contributed by atoms with van der Waals surface area (Å²) in [6.07, 6.45) is -5.37. The first-order valence-corrected chi connectivity index (χ1v) is 14.2. The normalized spacial score (nSPS) is 42.0. The second kappa shape index (κ2) is 9.86. The van der Waals surface area contributed by atoms with Gasteiger partial charge in [0.05, 0.1) is 25.7 Å². The maximum Gasteiger partial charge on any atom is 0.348 e. The number of Topliss-reactive ketones (excluding diaryl/α,β-unsaturated/α-hetero) is 1. The Labute approximate surface area is 248 Å². The van der Waals surface area contributed by atoms with E-state index < -0.39 is 93.9 Å². The van der Waals surface area contributed by atoms with Crippen LogP contribution in [0.3, 0.4) is 0 Å². The van der Waals surface area contributed by atoms with Crippen molar-refractivity contribution in [2.75, 3.05) is 13.7 Å². The fraction of sp³-hybridized carbons (Fsp3) is 0.700. The molecule has 10 atom stereocenters. The molecule has 0 amide bonds. The molecule has 0 aromatic carbocycles. The van der Waals surface area contributed by atoms with Crippen molar-refractivity contribution in [1.29, 1.82) is 0 Å². The number of carbonyl (C=O) groups excluding carboxylic acids is 5. The molecular weight excluding hydrogens is 568 g/mol. The van der Waals surface area contributed by atoms with Crippen molar-refractivity contribution >= 4 is 29.7 Å². The van der Waals surface area contributed by atoms with Crippen molar-refractivity contribution in [1.82, 2.24) is 0 Å². The quantitative estimate of drug-likeness (QED) is 0.227. The third-order valence-corrected chi connectivity index (χ3v) is 10.8. The molecule has 5 aliphatic rings. The van der Waals surface area contributed by atoms with Crippen LogP contribution in [0.1, 0.15) is 54.4 Å². The molecule has 13 heteroatoms. The van der Waals surface area contributed by atoms with Crippen LogP contribution in [0.25, 0.3) is 0 Å². The molecule has 0 unspecified atom stereocenters. The van der Waals surface area contributed by atoms with Crippen molar-refractivity contribution in [2.24, 2.45) is 28.6 Å². The van der Waals surface area contributed by atoms with Crippen LogP contribution in [0.5, 0.6) is 0 Å². The highest BCUT2D eigenvalue weighted by atomic mass is 16.6. The smallest absolute Gasteiger partial charge is 0.348 e. The van der Waals surface area contributed by atoms with Gasteiger partial charge in [-0.2, -0.15) is 0 Å². The van der Waals surface area contributed by atoms with Crippen molar-refractivity contribution in [3.8, 4) is 0 Å². The highest BCUT2D eigenvalue weighted by Gasteiger charge is 2.85. The summed E-state index contributed by atoms with van der Waals surface area (Å²) in [4.78, 5) is 64.9. The lowest BCUT2D eigenvalue weighted by Crippen LogP contribution is -2.79. The van der Waals surface area contributed by atoms with Gasteiger partial charge in [0.25, 0.3) is 0 Å². The van der Waals surface area contributed by atoms with Gasteiger partial charge in [-0.1, -0.05) is 6.92 Å². The second-order valence-electron chi connectivity index (χ2n) is 13.2. The van der Waals surface area contributed by atoms with Crippen LogP contribution in [0, 0.1) is 28.6 Å². The van der Waals surface area contributed by atoms with E-state index in [-0.39, 0.29) is 25.2 Å². The molecule has 2 saturated carbocycles. The molecule has 0 radical (unpaired) electrons. The Morgan fingerprint density at radius 3 is 2.37 bits per heavy atom. The second-order valence-corrected chi connectivity index (χ2v) is 13.2. The van der Waals surface area contributed by atoms with Gasteiger partial charge in [0.2, 0.25) is 11.7 Å². The number of esters is 4. The molecular formula is C30H38O13. The Balaban J connectivity index is 1.64. The van der Waals surface area contributed by atoms with Gasteiger partial charge >= 0.3 is 23.9 Å². The monoisotopic (exact) mass is 606 g/mol. The number of allylic oxidation sites excluding steroid dienone is 2. The summed E-state index contributed by atoms with van der Waals surface area (Å²) >= 11 is 0. The fourth-order valence-corrected chi connectivity index (χ4v) is 8.81. The average molecular weight is 607 g/mol. The van der Waals surface area contributed by atoms with E-state index in [4.69, 9.17) is 23.7 Å². The molecule has 2 heterocycles. The summed E-state index contributed by atoms with van der Waals surface area (Å²) in [6.45, 7) is 8.96. The summed E-state index contributed by atoms with van der Waals surface area (Å²) in [5, 5.41) is 33.9. The third kappa shape index (κ3) is 4.03. The number of ketones is 1. The lowest BCUT2D eigenvalue weighted by molar-refractivity contribution is -0.290. The molecule has 2 bridgehead atoms. The molecule has 3 aliphatic carbocycles. The van der Waals surface area contributed by atoms with Gasteiger partial charge < -0.3 is 39.0 Å². The maximum atomic E-state index is 13.7. The minimum absolute atomic E-state index is 0.123. The predicted octanol–water partition coefficient (Wildman–Crippen LogP) is 0.839. The summed E-state index contributed by atoms with van der Waals surface area (Å²) in [6, 6.07) is 0. The van der Waals surface area contributed by atoms with Crippen LogP contribution in [0.2, 0.25) is 0 Å². The van der Waals surface area contributed by atoms with E-state index in [0.29, 0.717) is 11.1 Å². The third-order valence-electron chi connectivity index (χ3n) is 10.8. The summed E-state index contributed by atoms with van der Waals surface area (Å²) in [5.41, 5.74) is -5.29. The highest BCUT2D eigenvalue weighted by molar-refractivity contribution is 5.95. The van der Waals surface area contributed by atoms with Gasteiger partial charge in [-0.25, -0.2) is 14.4 Å². The van der Waals surface area contributed by atoms with Crippen molar-refractivity contribution in [3.05, 3.63) is 23.0 Å². The van der Waals surface area contributed by atoms with Crippen molar-refractivity contribution in [3.63, 3.8) is 0 Å². The van der Waals surface area contributed by atoms with Crippen LogP contribution >= 0.6 is 0 Å². The fourth-order valence-electron chi connectivity index (χ4n) is 8.81. The van der Waals surface area contributed by atoms with Crippen molar-refractivity contribution in [2.45, 2.75) is 90.0 Å². The maximum absolute atomic E-state index is 13.7. The largest absolute Gasteiger partial charge is 0.504 e. The first kappa shape index (κ1) is 31.1. The molecule has 4 fully saturated rings. The van der Waals surface area contributed by atoms with E-state index in [9.17, 15) is 39.3 Å². The average Bonchev–Trinajstić information content (AvgIpc) is 3.21. The minimum atomic E-state index is -2.31. The number of aliphatic hydroxyl groups excluding tert-OH is 3. The summed E-state index contributed by atoms with van der Waals surface area (Å²) in [5.74, 6) is -7.48. The molecule has 5 rings (SSSR count). The van der Waals surface area contributed by atoms with Crippen LogP contribution in [-0.2, 0) is 47.7 Å². The van der Waals surface area contributed by atoms with Crippen LogP contribution in [-0.4, -0.2) is 94.3 Å². The van der Waals surface area contributed by atoms with Gasteiger partial charge in [-0.15, -0.1) is 0 Å². The van der Waals surface area contributed by atoms with Gasteiger partial charge in [0, 0.05) is 30.8 Å². The minimum Gasteiger partial charge on any atom is -0.504 e. The van der Waals surface area contributed by atoms with Crippen molar-refractivity contribution < 1.29 is 63.0 Å². The zero-order valence-electron chi connectivity index (χ0n) is 25.2. The van der Waals surface area contributed by atoms with E-state index in [1.54, 1.807) is 27.7 Å². The van der Waals surface area contributed by atoms with E-state index in [2.05, 4.69) is 0 Å². The van der Waals surface area contributed by atoms with Gasteiger partial charge in [-0.3, -0.25) is 9.59 Å². The predicted molar refractivity (Wildman–Crippen MR) is 143 cm³/mol. The number of fused-ring (bicyclic) bond motifs is 2. The van der Waals surface area contributed by atoms with Gasteiger partial charge in [0.15, 0.2) is 11.5 Å². The number of hydrogen-bond acceptors (Lipinski definition) is 13. The molecule has 2 aliphatic heterocycles. The van der Waals surface area contributed by atoms with Gasteiger partial charge in [0.1, 0.15) is 17.8 Å². The standard InChI is InChI=1S/C30H38O13/c1-12(27(4,5)43-14(3)31)8-18(33)42-21-23-29-11-40-30(23,26(38)39-7)24(36)20(35)22(29)28(6)10-16(32)19(34)13(2)15(28)9-17(29)41-25(21)37/h8,15,17,20-24,34-36H,9-11H2,1-7H3/b12-8+/t15-,17-,20-,21-,22-,23-,24+,28+,29-,30+/m1/s1. The number of carbonyl (C=O) groups is 5. The van der Waals surface area contributed by atoms with Crippen LogP contribution in [0.15, 0.2) is 23.0 Å². The Morgan fingerprint density at radius 2 is 1.77 bits per heavy atom. The number of methoxy groups -OCH3 is 1. The zero-order valence-corrected chi connectivity index (χ0v) is 25.2. The van der Waals surface area contributed by atoms with Gasteiger partial charge in [-0.05, 0) is 56.6 Å². The van der Waals surface area contributed by atoms with Crippen LogP contribution in [0.4, 0.5) is 0 Å². The first-order chi connectivity index (χ1) is 19.9. The summed E-state index contributed by atoms with van der Waals surface area (Å²) in [7, 11) is 1.06. The number of hydrogen-bond donors (Lipinski definition) is 3. The van der Waals surface area contributed by atoms with Crippen LogP contribution < -0.4 is 0 Å². The Kier molecular flexibility index (Phi) is 7.14. The van der Waals surface area contributed by atoms with E-state index in [1.165, 1.54) is 13.8 Å². The SMILES string of the molecule is COC(=O)[C@@]12OC[C@]34[C@H]([C@@H](O)[C@@H]1O)[C@@]1(C)CC(=O)C(O)=C(C)[C@H]1C[C@H]3OC(=O)[C@H](OC(=O)/C=C(\C)C(C)(C)OC(C)=O)[C@@H]24. The first-order valence-electron chi connectivity index (χ1n) is 14.2.